The fourth-order valence-corrected chi connectivity index (χ4v) is 0.838. The van der Waals surface area contributed by atoms with E-state index in [9.17, 15) is 0 Å². The Balaban J connectivity index is 3.65. The van der Waals surface area contributed by atoms with E-state index in [1.54, 1.807) is 0 Å². The zero-order valence-electron chi connectivity index (χ0n) is 10.4. The summed E-state index contributed by atoms with van der Waals surface area (Å²) in [4.78, 5) is 8.08. The monoisotopic (exact) mass is 212 g/mol. The first-order valence-corrected chi connectivity index (χ1v) is 5.36. The number of rotatable bonds is 6. The van der Waals surface area contributed by atoms with Gasteiger partial charge in [-0.05, 0) is 40.5 Å². The van der Waals surface area contributed by atoms with Crippen molar-refractivity contribution in [2.75, 3.05) is 13.1 Å². The summed E-state index contributed by atoms with van der Waals surface area (Å²) in [5.74, 6) is 0. The maximum absolute atomic E-state index is 5.80. The number of hydrogen-bond acceptors (Lipinski definition) is 4. The van der Waals surface area contributed by atoms with E-state index in [1.807, 2.05) is 27.7 Å². The molecule has 4 nitrogen and oxygen atoms in total. The van der Waals surface area contributed by atoms with Gasteiger partial charge in [0.1, 0.15) is 0 Å². The molecule has 0 aliphatic rings. The van der Waals surface area contributed by atoms with Crippen LogP contribution in [0.5, 0.6) is 0 Å². The smallest absolute Gasteiger partial charge is 0.0892 e. The molecular weight excluding hydrogens is 188 g/mol. The Morgan fingerprint density at radius 3 is 1.47 bits per heavy atom. The lowest BCUT2D eigenvalue weighted by Crippen LogP contribution is -2.32. The summed E-state index contributed by atoms with van der Waals surface area (Å²) in [5.41, 5.74) is 11.3. The van der Waals surface area contributed by atoms with Gasteiger partial charge in [-0.3, -0.25) is 0 Å². The third-order valence-electron chi connectivity index (χ3n) is 1.88. The molecule has 0 aliphatic carbocycles. The molecule has 4 N–H and O–H groups in total. The van der Waals surface area contributed by atoms with E-state index in [4.69, 9.17) is 11.5 Å². The molecule has 0 radical (unpaired) electrons. The lowest BCUT2D eigenvalue weighted by atomic mass is 10.0. The molecule has 0 heterocycles. The van der Waals surface area contributed by atoms with E-state index in [1.165, 1.54) is 0 Å². The predicted molar refractivity (Wildman–Crippen MR) is 65.4 cm³/mol. The molecule has 0 amide bonds. The zero-order valence-corrected chi connectivity index (χ0v) is 10.4. The van der Waals surface area contributed by atoms with Gasteiger partial charge >= 0.3 is 0 Å². The SMILES string of the molecule is CC(C)(N)CCN=C=NCCC(C)(C)N. The number of nitrogens with two attached hydrogens (primary N) is 2. The third-order valence-corrected chi connectivity index (χ3v) is 1.88. The standard InChI is InChI=1S/C11H24N4/c1-10(2,12)5-7-14-9-15-8-6-11(3,4)13/h5-8,12-13H2,1-4H3. The van der Waals surface area contributed by atoms with Crippen molar-refractivity contribution in [3.63, 3.8) is 0 Å². The minimum atomic E-state index is -0.162. The second-order valence-corrected chi connectivity index (χ2v) is 5.34. The van der Waals surface area contributed by atoms with Crippen molar-refractivity contribution in [3.8, 4) is 0 Å². The van der Waals surface area contributed by atoms with Gasteiger partial charge in [-0.1, -0.05) is 0 Å². The Labute approximate surface area is 92.9 Å². The van der Waals surface area contributed by atoms with Crippen molar-refractivity contribution in [3.05, 3.63) is 0 Å². The van der Waals surface area contributed by atoms with E-state index in [2.05, 4.69) is 16.0 Å². The lowest BCUT2D eigenvalue weighted by molar-refractivity contribution is 0.483. The second kappa shape index (κ2) is 6.01. The minimum Gasteiger partial charge on any atom is -0.325 e. The molecule has 0 saturated carbocycles. The molecule has 88 valence electrons. The minimum absolute atomic E-state index is 0.162. The fourth-order valence-electron chi connectivity index (χ4n) is 0.838. The van der Waals surface area contributed by atoms with Crippen LogP contribution in [0.15, 0.2) is 9.98 Å². The highest BCUT2D eigenvalue weighted by molar-refractivity contribution is 5.40. The van der Waals surface area contributed by atoms with Gasteiger partial charge < -0.3 is 11.5 Å². The van der Waals surface area contributed by atoms with Crippen molar-refractivity contribution in [2.45, 2.75) is 51.6 Å². The Morgan fingerprint density at radius 1 is 0.867 bits per heavy atom. The Kier molecular flexibility index (Phi) is 5.73. The Bertz CT molecular complexity index is 204. The van der Waals surface area contributed by atoms with E-state index in [-0.39, 0.29) is 11.1 Å². The van der Waals surface area contributed by atoms with Crippen LogP contribution in [0.1, 0.15) is 40.5 Å². The highest BCUT2D eigenvalue weighted by Crippen LogP contribution is 2.03. The molecule has 4 heteroatoms. The van der Waals surface area contributed by atoms with Crippen molar-refractivity contribution in [1.82, 2.24) is 0 Å². The van der Waals surface area contributed by atoms with Gasteiger partial charge in [0, 0.05) is 11.1 Å². The molecule has 0 aromatic rings. The molecule has 15 heavy (non-hydrogen) atoms. The summed E-state index contributed by atoms with van der Waals surface area (Å²) in [7, 11) is 0. The molecule has 0 fully saturated rings. The zero-order chi connectivity index (χ0) is 11.9. The molecule has 0 aliphatic heterocycles. The molecule has 0 rings (SSSR count). The number of hydrogen-bond donors (Lipinski definition) is 2. The first kappa shape index (κ1) is 14.3. The van der Waals surface area contributed by atoms with Gasteiger partial charge in [-0.2, -0.15) is 0 Å². The first-order chi connectivity index (χ1) is 6.71. The molecule has 0 unspecified atom stereocenters. The summed E-state index contributed by atoms with van der Waals surface area (Å²) in [5, 5.41) is 0. The third kappa shape index (κ3) is 13.3. The van der Waals surface area contributed by atoms with Crippen LogP contribution in [0.4, 0.5) is 0 Å². The van der Waals surface area contributed by atoms with Gasteiger partial charge in [-0.15, -0.1) is 0 Å². The number of aliphatic imine (C=N–C) groups is 2. The van der Waals surface area contributed by atoms with Crippen molar-refractivity contribution >= 4 is 6.01 Å². The molecule has 0 atom stereocenters. The number of nitrogens with zero attached hydrogens (tertiary/aromatic N) is 2. The average molecular weight is 212 g/mol. The molecule has 0 spiro atoms. The summed E-state index contributed by atoms with van der Waals surface area (Å²) >= 11 is 0. The van der Waals surface area contributed by atoms with Crippen LogP contribution < -0.4 is 11.5 Å². The van der Waals surface area contributed by atoms with E-state index < -0.39 is 0 Å². The van der Waals surface area contributed by atoms with Crippen LogP contribution in [0.3, 0.4) is 0 Å². The van der Waals surface area contributed by atoms with E-state index in [0.29, 0.717) is 13.1 Å². The van der Waals surface area contributed by atoms with Gasteiger partial charge in [0.05, 0.1) is 19.1 Å². The maximum Gasteiger partial charge on any atom is 0.0892 e. The van der Waals surface area contributed by atoms with Crippen molar-refractivity contribution in [2.24, 2.45) is 21.5 Å². The van der Waals surface area contributed by atoms with E-state index in [0.717, 1.165) is 12.8 Å². The van der Waals surface area contributed by atoms with Gasteiger partial charge in [0.2, 0.25) is 0 Å². The lowest BCUT2D eigenvalue weighted by Gasteiger charge is -2.15. The summed E-state index contributed by atoms with van der Waals surface area (Å²) in [6.45, 7) is 9.29. The van der Waals surface area contributed by atoms with Gasteiger partial charge in [0.15, 0.2) is 0 Å². The Hall–Kier alpha value is -0.700. The van der Waals surface area contributed by atoms with Crippen LogP contribution >= 0.6 is 0 Å². The highest BCUT2D eigenvalue weighted by Gasteiger charge is 2.09. The van der Waals surface area contributed by atoms with Crippen molar-refractivity contribution in [1.29, 1.82) is 0 Å². The summed E-state index contributed by atoms with van der Waals surface area (Å²) in [6.07, 6.45) is 1.69. The van der Waals surface area contributed by atoms with E-state index >= 15 is 0 Å². The van der Waals surface area contributed by atoms with Crippen LogP contribution in [-0.4, -0.2) is 30.2 Å². The molecule has 0 aromatic heterocycles. The van der Waals surface area contributed by atoms with Gasteiger partial charge in [-0.25, -0.2) is 9.98 Å². The van der Waals surface area contributed by atoms with Gasteiger partial charge in [0.25, 0.3) is 0 Å². The fraction of sp³-hybridized carbons (Fsp3) is 0.909. The van der Waals surface area contributed by atoms with Crippen LogP contribution in [0, 0.1) is 0 Å². The normalized spacial score (nSPS) is 12.1. The molecule has 0 aromatic carbocycles. The van der Waals surface area contributed by atoms with Crippen LogP contribution in [-0.2, 0) is 0 Å². The molecular formula is C11H24N4. The maximum atomic E-state index is 5.80. The summed E-state index contributed by atoms with van der Waals surface area (Å²) < 4.78 is 0. The molecule has 0 bridgehead atoms. The molecule has 0 saturated heterocycles. The van der Waals surface area contributed by atoms with Crippen LogP contribution in [0.25, 0.3) is 0 Å². The highest BCUT2D eigenvalue weighted by atomic mass is 14.8. The first-order valence-electron chi connectivity index (χ1n) is 5.36. The largest absolute Gasteiger partial charge is 0.325 e. The Morgan fingerprint density at radius 2 is 1.20 bits per heavy atom. The van der Waals surface area contributed by atoms with Crippen LogP contribution in [0.2, 0.25) is 0 Å². The second-order valence-electron chi connectivity index (χ2n) is 5.34. The topological polar surface area (TPSA) is 76.8 Å². The summed E-state index contributed by atoms with van der Waals surface area (Å²) in [6, 6.07) is 2.67. The van der Waals surface area contributed by atoms with Crippen molar-refractivity contribution < 1.29 is 0 Å². The average Bonchev–Trinajstić information content (AvgIpc) is 1.98. The quantitative estimate of drug-likeness (QED) is 0.653. The predicted octanol–water partition coefficient (Wildman–Crippen LogP) is 1.42.